The molecule has 0 N–H and O–H groups in total. The zero-order valence-corrected chi connectivity index (χ0v) is 9.53. The Morgan fingerprint density at radius 1 is 1.15 bits per heavy atom. The Bertz CT molecular complexity index is 412. The first-order chi connectivity index (χ1) is 6.27. The summed E-state index contributed by atoms with van der Waals surface area (Å²) < 4.78 is 9.04. The highest BCUT2D eigenvalue weighted by Crippen LogP contribution is 2.26. The van der Waals surface area contributed by atoms with Gasteiger partial charge in [-0.15, -0.1) is 0 Å². The molecule has 1 heterocycles. The van der Waals surface area contributed by atoms with Gasteiger partial charge in [0.05, 0.1) is 11.7 Å². The van der Waals surface area contributed by atoms with E-state index in [1.54, 1.807) is 0 Å². The molecule has 0 bridgehead atoms. The van der Waals surface area contributed by atoms with Crippen molar-refractivity contribution in [2.24, 2.45) is 0 Å². The van der Waals surface area contributed by atoms with Crippen LogP contribution in [0.3, 0.4) is 0 Å². The second kappa shape index (κ2) is 3.74. The Morgan fingerprint density at radius 3 is 2.38 bits per heavy atom. The number of halogens is 2. The molecule has 5 heteroatoms. The van der Waals surface area contributed by atoms with Gasteiger partial charge < -0.3 is 0 Å². The molecule has 0 aliphatic rings. The summed E-state index contributed by atoms with van der Waals surface area (Å²) in [7, 11) is 0. The quantitative estimate of drug-likeness (QED) is 0.794. The third kappa shape index (κ3) is 1.90. The highest BCUT2D eigenvalue weighted by molar-refractivity contribution is 9.10. The van der Waals surface area contributed by atoms with E-state index in [1.165, 1.54) is 0 Å². The van der Waals surface area contributed by atoms with Crippen LogP contribution in [0.1, 0.15) is 0 Å². The van der Waals surface area contributed by atoms with Crippen molar-refractivity contribution in [1.82, 2.24) is 8.75 Å². The van der Waals surface area contributed by atoms with Crippen LogP contribution in [0, 0.1) is 0 Å². The fourth-order valence-electron chi connectivity index (χ4n) is 0.958. The van der Waals surface area contributed by atoms with E-state index in [0.717, 1.165) is 27.5 Å². The Balaban J connectivity index is 2.47. The standard InChI is InChI=1S/C8H4BrClN2S/c9-6-3-1-5(2-4-6)7-8(10)12-13-11-7/h1-4H. The zero-order valence-electron chi connectivity index (χ0n) is 6.37. The van der Waals surface area contributed by atoms with Crippen molar-refractivity contribution in [2.75, 3.05) is 0 Å². The summed E-state index contributed by atoms with van der Waals surface area (Å²) in [6, 6.07) is 7.80. The highest BCUT2D eigenvalue weighted by Gasteiger charge is 2.06. The third-order valence-corrected chi connectivity index (χ3v) is 2.99. The van der Waals surface area contributed by atoms with Gasteiger partial charge in [-0.05, 0) is 12.1 Å². The summed E-state index contributed by atoms with van der Waals surface area (Å²) in [6.07, 6.45) is 0. The molecule has 0 atom stereocenters. The average molecular weight is 276 g/mol. The van der Waals surface area contributed by atoms with Crippen molar-refractivity contribution < 1.29 is 0 Å². The summed E-state index contributed by atoms with van der Waals surface area (Å²) >= 11 is 10.3. The predicted molar refractivity (Wildman–Crippen MR) is 58.1 cm³/mol. The van der Waals surface area contributed by atoms with Crippen LogP contribution >= 0.6 is 39.3 Å². The van der Waals surface area contributed by atoms with E-state index in [2.05, 4.69) is 24.7 Å². The number of benzene rings is 1. The molecule has 2 aromatic rings. The first-order valence-corrected chi connectivity index (χ1v) is 5.41. The average Bonchev–Trinajstić information content (AvgIpc) is 2.53. The molecule has 0 aliphatic carbocycles. The minimum absolute atomic E-state index is 0.465. The van der Waals surface area contributed by atoms with E-state index in [-0.39, 0.29) is 0 Å². The van der Waals surface area contributed by atoms with E-state index in [9.17, 15) is 0 Å². The second-order valence-electron chi connectivity index (χ2n) is 2.41. The van der Waals surface area contributed by atoms with E-state index in [1.807, 2.05) is 24.3 Å². The van der Waals surface area contributed by atoms with Crippen molar-refractivity contribution >= 4 is 39.3 Å². The molecule has 2 rings (SSSR count). The molecule has 2 nitrogen and oxygen atoms in total. The van der Waals surface area contributed by atoms with Gasteiger partial charge in [-0.3, -0.25) is 0 Å². The van der Waals surface area contributed by atoms with Gasteiger partial charge in [-0.2, -0.15) is 8.75 Å². The molecule has 0 saturated heterocycles. The van der Waals surface area contributed by atoms with Crippen molar-refractivity contribution in [3.63, 3.8) is 0 Å². The summed E-state index contributed by atoms with van der Waals surface area (Å²) in [5.41, 5.74) is 1.74. The van der Waals surface area contributed by atoms with Crippen LogP contribution in [0.5, 0.6) is 0 Å². The molecule has 0 amide bonds. The fourth-order valence-corrected chi connectivity index (χ4v) is 1.99. The van der Waals surface area contributed by atoms with Gasteiger partial charge >= 0.3 is 0 Å². The first-order valence-electron chi connectivity index (χ1n) is 3.51. The topological polar surface area (TPSA) is 25.8 Å². The van der Waals surface area contributed by atoms with E-state index in [4.69, 9.17) is 11.6 Å². The van der Waals surface area contributed by atoms with Gasteiger partial charge in [-0.1, -0.05) is 39.7 Å². The molecular weight excluding hydrogens is 272 g/mol. The summed E-state index contributed by atoms with van der Waals surface area (Å²) in [5.74, 6) is 0. The van der Waals surface area contributed by atoms with Gasteiger partial charge in [0.25, 0.3) is 0 Å². The lowest BCUT2D eigenvalue weighted by Gasteiger charge is -1.95. The first kappa shape index (κ1) is 9.12. The van der Waals surface area contributed by atoms with Crippen LogP contribution in [-0.2, 0) is 0 Å². The summed E-state index contributed by atoms with van der Waals surface area (Å²) in [6.45, 7) is 0. The zero-order chi connectivity index (χ0) is 9.26. The van der Waals surface area contributed by atoms with Crippen LogP contribution in [0.4, 0.5) is 0 Å². The van der Waals surface area contributed by atoms with Crippen molar-refractivity contribution in [1.29, 1.82) is 0 Å². The van der Waals surface area contributed by atoms with E-state index >= 15 is 0 Å². The summed E-state index contributed by atoms with van der Waals surface area (Å²) in [5, 5.41) is 0.465. The van der Waals surface area contributed by atoms with Crippen LogP contribution in [0.15, 0.2) is 28.7 Å². The molecule has 0 unspecified atom stereocenters. The largest absolute Gasteiger partial charge is 0.171 e. The Hall–Kier alpha value is -0.450. The number of hydrogen-bond acceptors (Lipinski definition) is 3. The van der Waals surface area contributed by atoms with Crippen LogP contribution in [0.2, 0.25) is 5.15 Å². The van der Waals surface area contributed by atoms with Gasteiger partial charge in [0.1, 0.15) is 5.69 Å². The smallest absolute Gasteiger partial charge is 0.170 e. The Morgan fingerprint density at radius 2 is 1.85 bits per heavy atom. The Labute approximate surface area is 93.0 Å². The summed E-state index contributed by atoms with van der Waals surface area (Å²) in [4.78, 5) is 0. The van der Waals surface area contributed by atoms with E-state index in [0.29, 0.717) is 5.15 Å². The van der Waals surface area contributed by atoms with Gasteiger partial charge in [0, 0.05) is 10.0 Å². The highest BCUT2D eigenvalue weighted by atomic mass is 79.9. The SMILES string of the molecule is Clc1nsnc1-c1ccc(Br)cc1. The maximum absolute atomic E-state index is 5.84. The molecule has 1 aromatic carbocycles. The normalized spacial score (nSPS) is 10.3. The third-order valence-electron chi connectivity index (χ3n) is 1.57. The second-order valence-corrected chi connectivity index (χ2v) is 4.21. The number of aromatic nitrogens is 2. The predicted octanol–water partition coefficient (Wildman–Crippen LogP) is 3.62. The molecular formula is C8H4BrClN2S. The fraction of sp³-hybridized carbons (Fsp3) is 0. The maximum atomic E-state index is 5.84. The lowest BCUT2D eigenvalue weighted by atomic mass is 10.2. The van der Waals surface area contributed by atoms with Gasteiger partial charge in [0.2, 0.25) is 0 Å². The number of rotatable bonds is 1. The van der Waals surface area contributed by atoms with Crippen LogP contribution in [-0.4, -0.2) is 8.75 Å². The molecule has 0 spiro atoms. The maximum Gasteiger partial charge on any atom is 0.170 e. The minimum Gasteiger partial charge on any atom is -0.171 e. The number of hydrogen-bond donors (Lipinski definition) is 0. The van der Waals surface area contributed by atoms with Crippen molar-refractivity contribution in [3.05, 3.63) is 33.9 Å². The molecule has 0 radical (unpaired) electrons. The monoisotopic (exact) mass is 274 g/mol. The molecule has 13 heavy (non-hydrogen) atoms. The molecule has 0 saturated carbocycles. The van der Waals surface area contributed by atoms with Crippen molar-refractivity contribution in [2.45, 2.75) is 0 Å². The van der Waals surface area contributed by atoms with Gasteiger partial charge in [0.15, 0.2) is 5.15 Å². The molecule has 1 aromatic heterocycles. The molecule has 0 fully saturated rings. The van der Waals surface area contributed by atoms with Crippen molar-refractivity contribution in [3.8, 4) is 11.3 Å². The van der Waals surface area contributed by atoms with Crippen LogP contribution in [0.25, 0.3) is 11.3 Å². The van der Waals surface area contributed by atoms with Gasteiger partial charge in [-0.25, -0.2) is 0 Å². The molecule has 66 valence electrons. The van der Waals surface area contributed by atoms with E-state index < -0.39 is 0 Å². The lowest BCUT2D eigenvalue weighted by molar-refractivity contribution is 1.49. The van der Waals surface area contributed by atoms with Crippen LogP contribution < -0.4 is 0 Å². The molecule has 0 aliphatic heterocycles. The lowest BCUT2D eigenvalue weighted by Crippen LogP contribution is -1.77. The number of nitrogens with zero attached hydrogens (tertiary/aromatic N) is 2. The minimum atomic E-state index is 0.465. The Kier molecular flexibility index (Phi) is 2.62.